The molecule has 1 aromatic heterocycles. The lowest BCUT2D eigenvalue weighted by Crippen LogP contribution is -2.32. The number of nitrogens with one attached hydrogen (secondary N) is 2. The molecule has 142 valence electrons. The number of amides is 1. The normalized spacial score (nSPS) is 14.5. The molecule has 0 unspecified atom stereocenters. The van der Waals surface area contributed by atoms with Crippen LogP contribution < -0.4 is 10.6 Å². The third-order valence-electron chi connectivity index (χ3n) is 4.84. The summed E-state index contributed by atoms with van der Waals surface area (Å²) in [7, 11) is 0. The number of rotatable bonds is 5. The number of carbonyl (C=O) groups is 1. The van der Waals surface area contributed by atoms with Gasteiger partial charge >= 0.3 is 0 Å². The first-order valence-electron chi connectivity index (χ1n) is 9.12. The van der Waals surface area contributed by atoms with Gasteiger partial charge in [0.25, 0.3) is 5.91 Å². The van der Waals surface area contributed by atoms with Crippen LogP contribution in [0.15, 0.2) is 54.7 Å². The fourth-order valence-corrected chi connectivity index (χ4v) is 3.92. The van der Waals surface area contributed by atoms with Crippen LogP contribution in [0.5, 0.6) is 0 Å². The minimum Gasteiger partial charge on any atom is -0.343 e. The van der Waals surface area contributed by atoms with E-state index in [9.17, 15) is 4.79 Å². The highest BCUT2D eigenvalue weighted by atomic mass is 32.2. The van der Waals surface area contributed by atoms with E-state index in [0.717, 1.165) is 33.8 Å². The van der Waals surface area contributed by atoms with Crippen molar-refractivity contribution < 1.29 is 4.79 Å². The van der Waals surface area contributed by atoms with E-state index in [1.54, 1.807) is 18.0 Å². The van der Waals surface area contributed by atoms with Gasteiger partial charge in [-0.1, -0.05) is 18.2 Å². The highest BCUT2D eigenvalue weighted by Crippen LogP contribution is 2.33. The van der Waals surface area contributed by atoms with E-state index in [2.05, 4.69) is 39.0 Å². The molecule has 2 heterocycles. The molecule has 0 spiro atoms. The Morgan fingerprint density at radius 1 is 1.11 bits per heavy atom. The van der Waals surface area contributed by atoms with Gasteiger partial charge in [-0.3, -0.25) is 4.79 Å². The van der Waals surface area contributed by atoms with Gasteiger partial charge in [-0.15, -0.1) is 0 Å². The molecular weight excluding hydrogens is 368 g/mol. The third-order valence-corrected chi connectivity index (χ3v) is 5.46. The molecular formula is C22H22N4OS. The van der Waals surface area contributed by atoms with Gasteiger partial charge in [-0.25, -0.2) is 9.97 Å². The Bertz CT molecular complexity index is 1030. The van der Waals surface area contributed by atoms with E-state index in [0.29, 0.717) is 5.95 Å². The van der Waals surface area contributed by atoms with Gasteiger partial charge in [0.2, 0.25) is 5.95 Å². The van der Waals surface area contributed by atoms with E-state index in [4.69, 9.17) is 0 Å². The molecule has 0 bridgehead atoms. The number of anilines is 2. The summed E-state index contributed by atoms with van der Waals surface area (Å²) < 4.78 is 0. The molecule has 6 heteroatoms. The smallest absolute Gasteiger partial charge is 0.252 e. The van der Waals surface area contributed by atoms with Crippen LogP contribution in [-0.2, 0) is 11.3 Å². The van der Waals surface area contributed by atoms with Crippen molar-refractivity contribution in [2.45, 2.75) is 25.1 Å². The number of fused-ring (bicyclic) bond motifs is 1. The molecule has 4 rings (SSSR count). The standard InChI is InChI=1S/C22H22N4OS/c1-22(2)18-12-15(6-9-17(18)20(27)26-22)19-10-11-23-21(25-19)24-16-7-4-14(5-8-16)13-28-3/h4-12H,13H2,1-3H3,(H,26,27)(H,23,24,25). The summed E-state index contributed by atoms with van der Waals surface area (Å²) in [5, 5.41) is 6.27. The molecule has 2 aromatic carbocycles. The highest BCUT2D eigenvalue weighted by Gasteiger charge is 2.35. The van der Waals surface area contributed by atoms with Gasteiger partial charge in [-0.05, 0) is 61.6 Å². The molecule has 0 radical (unpaired) electrons. The van der Waals surface area contributed by atoms with Crippen molar-refractivity contribution in [3.05, 3.63) is 71.4 Å². The van der Waals surface area contributed by atoms with Crippen LogP contribution in [-0.4, -0.2) is 22.1 Å². The molecule has 2 N–H and O–H groups in total. The summed E-state index contributed by atoms with van der Waals surface area (Å²) in [5.41, 5.74) is 5.36. The maximum atomic E-state index is 12.1. The van der Waals surface area contributed by atoms with Gasteiger partial charge in [0.05, 0.1) is 11.2 Å². The maximum absolute atomic E-state index is 12.1. The first-order chi connectivity index (χ1) is 13.5. The first kappa shape index (κ1) is 18.5. The number of benzene rings is 2. The van der Waals surface area contributed by atoms with Gasteiger partial charge in [0, 0.05) is 28.8 Å². The van der Waals surface area contributed by atoms with E-state index < -0.39 is 0 Å². The topological polar surface area (TPSA) is 66.9 Å². The zero-order chi connectivity index (χ0) is 19.7. The predicted octanol–water partition coefficient (Wildman–Crippen LogP) is 4.73. The maximum Gasteiger partial charge on any atom is 0.252 e. The van der Waals surface area contributed by atoms with E-state index in [-0.39, 0.29) is 11.4 Å². The molecule has 0 saturated heterocycles. The lowest BCUT2D eigenvalue weighted by Gasteiger charge is -2.19. The SMILES string of the molecule is CSCc1ccc(Nc2nccc(-c3ccc4c(c3)C(C)(C)NC4=O)n2)cc1. The number of hydrogen-bond donors (Lipinski definition) is 2. The van der Waals surface area contributed by atoms with E-state index in [1.165, 1.54) is 5.56 Å². The van der Waals surface area contributed by atoms with Gasteiger partial charge in [0.15, 0.2) is 0 Å². The quantitative estimate of drug-likeness (QED) is 0.659. The Morgan fingerprint density at radius 2 is 1.89 bits per heavy atom. The number of nitrogens with zero attached hydrogens (tertiary/aromatic N) is 2. The van der Waals surface area contributed by atoms with Gasteiger partial charge in [-0.2, -0.15) is 11.8 Å². The van der Waals surface area contributed by atoms with E-state index >= 15 is 0 Å². The zero-order valence-corrected chi connectivity index (χ0v) is 16.9. The summed E-state index contributed by atoms with van der Waals surface area (Å²) in [6.45, 7) is 4.02. The largest absolute Gasteiger partial charge is 0.343 e. The summed E-state index contributed by atoms with van der Waals surface area (Å²) >= 11 is 1.80. The number of hydrogen-bond acceptors (Lipinski definition) is 5. The van der Waals surface area contributed by atoms with Crippen molar-refractivity contribution in [1.82, 2.24) is 15.3 Å². The minimum absolute atomic E-state index is 0.0264. The molecule has 1 aliphatic heterocycles. The Balaban J connectivity index is 1.60. The van der Waals surface area contributed by atoms with Gasteiger partial charge in [0.1, 0.15) is 0 Å². The molecule has 0 saturated carbocycles. The van der Waals surface area contributed by atoms with Crippen LogP contribution >= 0.6 is 11.8 Å². The van der Waals surface area contributed by atoms with Crippen LogP contribution in [0.4, 0.5) is 11.6 Å². The van der Waals surface area contributed by atoms with Crippen molar-refractivity contribution in [2.75, 3.05) is 11.6 Å². The highest BCUT2D eigenvalue weighted by molar-refractivity contribution is 7.97. The second kappa shape index (κ2) is 7.28. The van der Waals surface area contributed by atoms with Gasteiger partial charge < -0.3 is 10.6 Å². The third kappa shape index (κ3) is 3.60. The summed E-state index contributed by atoms with van der Waals surface area (Å²) in [4.78, 5) is 21.1. The number of thioether (sulfide) groups is 1. The van der Waals surface area contributed by atoms with Crippen LogP contribution in [0, 0.1) is 0 Å². The second-order valence-corrected chi connectivity index (χ2v) is 8.23. The Hall–Kier alpha value is -2.86. The van der Waals surface area contributed by atoms with Crippen molar-refractivity contribution in [3.63, 3.8) is 0 Å². The molecule has 5 nitrogen and oxygen atoms in total. The number of carbonyl (C=O) groups excluding carboxylic acids is 1. The lowest BCUT2D eigenvalue weighted by molar-refractivity contribution is 0.0940. The zero-order valence-electron chi connectivity index (χ0n) is 16.1. The first-order valence-corrected chi connectivity index (χ1v) is 10.5. The van der Waals surface area contributed by atoms with Crippen LogP contribution in [0.1, 0.15) is 35.3 Å². The molecule has 3 aromatic rings. The minimum atomic E-state index is -0.380. The molecule has 1 aliphatic rings. The molecule has 0 fully saturated rings. The average Bonchev–Trinajstić information content (AvgIpc) is 2.92. The fourth-order valence-electron chi connectivity index (χ4n) is 3.40. The van der Waals surface area contributed by atoms with Crippen molar-refractivity contribution in [1.29, 1.82) is 0 Å². The van der Waals surface area contributed by atoms with Crippen LogP contribution in [0.2, 0.25) is 0 Å². The summed E-state index contributed by atoms with van der Waals surface area (Å²) in [6.07, 6.45) is 3.84. The summed E-state index contributed by atoms with van der Waals surface area (Å²) in [6, 6.07) is 16.0. The van der Waals surface area contributed by atoms with Crippen molar-refractivity contribution in [3.8, 4) is 11.3 Å². The van der Waals surface area contributed by atoms with Crippen LogP contribution in [0.25, 0.3) is 11.3 Å². The monoisotopic (exact) mass is 390 g/mol. The molecule has 1 amide bonds. The summed E-state index contributed by atoms with van der Waals surface area (Å²) in [5.74, 6) is 1.52. The Labute approximate surface area is 169 Å². The Kier molecular flexibility index (Phi) is 4.81. The number of aromatic nitrogens is 2. The van der Waals surface area contributed by atoms with Crippen molar-refractivity contribution in [2.24, 2.45) is 0 Å². The average molecular weight is 391 g/mol. The van der Waals surface area contributed by atoms with Crippen molar-refractivity contribution >= 4 is 29.3 Å². The second-order valence-electron chi connectivity index (χ2n) is 7.36. The molecule has 0 aliphatic carbocycles. The lowest BCUT2D eigenvalue weighted by atomic mass is 9.92. The molecule has 28 heavy (non-hydrogen) atoms. The van der Waals surface area contributed by atoms with Crippen LogP contribution in [0.3, 0.4) is 0 Å². The molecule has 0 atom stereocenters. The van der Waals surface area contributed by atoms with E-state index in [1.807, 2.05) is 50.2 Å². The fraction of sp³-hybridized carbons (Fsp3) is 0.227. The predicted molar refractivity (Wildman–Crippen MR) is 115 cm³/mol. The Morgan fingerprint density at radius 3 is 2.64 bits per heavy atom.